The molecule has 0 unspecified atom stereocenters. The topological polar surface area (TPSA) is 72.0 Å². The smallest absolute Gasteiger partial charge is 0.262 e. The van der Waals surface area contributed by atoms with Crippen LogP contribution in [0.4, 0.5) is 0 Å². The molecule has 0 radical (unpaired) electrons. The van der Waals surface area contributed by atoms with Crippen LogP contribution in [0.1, 0.15) is 5.56 Å². The van der Waals surface area contributed by atoms with Gasteiger partial charge in [0.25, 0.3) is 5.89 Å². The highest BCUT2D eigenvalue weighted by atomic mass is 32.1. The van der Waals surface area contributed by atoms with Crippen LogP contribution in [0.15, 0.2) is 33.6 Å². The van der Waals surface area contributed by atoms with Gasteiger partial charge in [-0.3, -0.25) is 0 Å². The molecular weight excluding hydrogens is 250 g/mol. The van der Waals surface area contributed by atoms with E-state index in [1.165, 1.54) is 11.3 Å². The maximum absolute atomic E-state index is 9.84. The van der Waals surface area contributed by atoms with Crippen molar-refractivity contribution >= 4 is 11.3 Å². The lowest BCUT2D eigenvalue weighted by Gasteiger charge is -1.99. The molecule has 0 atom stereocenters. The monoisotopic (exact) mass is 259 g/mol. The molecule has 90 valence electrons. The Labute approximate surface area is 107 Å². The quantitative estimate of drug-likeness (QED) is 0.766. The molecule has 0 saturated carbocycles. The molecule has 0 amide bonds. The lowest BCUT2D eigenvalue weighted by molar-refractivity contribution is 0.425. The first-order chi connectivity index (χ1) is 8.74. The van der Waals surface area contributed by atoms with Crippen LogP contribution in [0.3, 0.4) is 0 Å². The molecule has 0 aliphatic heterocycles. The van der Waals surface area contributed by atoms with Crippen molar-refractivity contribution in [2.45, 2.75) is 6.92 Å². The number of benzene rings is 1. The summed E-state index contributed by atoms with van der Waals surface area (Å²) in [6.07, 6.45) is 0. The van der Waals surface area contributed by atoms with E-state index in [4.69, 9.17) is 4.52 Å². The van der Waals surface area contributed by atoms with E-state index in [9.17, 15) is 5.11 Å². The highest BCUT2D eigenvalue weighted by molar-refractivity contribution is 7.07. The summed E-state index contributed by atoms with van der Waals surface area (Å²) in [5, 5.41) is 15.5. The van der Waals surface area contributed by atoms with Crippen molar-refractivity contribution in [2.24, 2.45) is 0 Å². The van der Waals surface area contributed by atoms with E-state index >= 15 is 0 Å². The maximum Gasteiger partial charge on any atom is 0.262 e. The zero-order valence-corrected chi connectivity index (χ0v) is 10.3. The number of phenolic OH excluding ortho intramolecular Hbond substituents is 1. The van der Waals surface area contributed by atoms with Gasteiger partial charge in [-0.05, 0) is 24.6 Å². The molecule has 0 aliphatic carbocycles. The molecule has 2 aromatic heterocycles. The first-order valence-corrected chi connectivity index (χ1v) is 6.20. The second kappa shape index (κ2) is 4.23. The Morgan fingerprint density at radius 3 is 2.94 bits per heavy atom. The van der Waals surface area contributed by atoms with E-state index in [0.717, 1.165) is 5.56 Å². The van der Waals surface area contributed by atoms with Crippen LogP contribution >= 0.6 is 11.3 Å². The van der Waals surface area contributed by atoms with Gasteiger partial charge in [0, 0.05) is 5.38 Å². The molecule has 5 nitrogen and oxygen atoms in total. The van der Waals surface area contributed by atoms with Gasteiger partial charge in [-0.15, -0.1) is 11.3 Å². The van der Waals surface area contributed by atoms with Crippen molar-refractivity contribution in [3.8, 4) is 28.7 Å². The fourth-order valence-electron chi connectivity index (χ4n) is 1.58. The van der Waals surface area contributed by atoms with Crippen LogP contribution < -0.4 is 0 Å². The number of hydrogen-bond donors (Lipinski definition) is 1. The Balaban J connectivity index is 2.03. The van der Waals surface area contributed by atoms with E-state index < -0.39 is 0 Å². The molecule has 18 heavy (non-hydrogen) atoms. The highest BCUT2D eigenvalue weighted by Gasteiger charge is 2.14. The Morgan fingerprint density at radius 1 is 1.33 bits per heavy atom. The van der Waals surface area contributed by atoms with Crippen LogP contribution in [0.25, 0.3) is 23.0 Å². The predicted octanol–water partition coefficient (Wildman–Crippen LogP) is 2.87. The van der Waals surface area contributed by atoms with Gasteiger partial charge < -0.3 is 9.63 Å². The Morgan fingerprint density at radius 2 is 2.22 bits per heavy atom. The largest absolute Gasteiger partial charge is 0.507 e. The van der Waals surface area contributed by atoms with Crippen LogP contribution in [0, 0.1) is 6.92 Å². The summed E-state index contributed by atoms with van der Waals surface area (Å²) in [6, 6.07) is 5.28. The van der Waals surface area contributed by atoms with Crippen molar-refractivity contribution in [1.82, 2.24) is 15.1 Å². The number of nitrogens with zero attached hydrogens (tertiary/aromatic N) is 3. The number of hydrogen-bond acceptors (Lipinski definition) is 6. The second-order valence-corrected chi connectivity index (χ2v) is 4.54. The molecule has 0 aliphatic rings. The van der Waals surface area contributed by atoms with Gasteiger partial charge in [-0.25, -0.2) is 4.98 Å². The molecule has 2 heterocycles. The van der Waals surface area contributed by atoms with E-state index in [-0.39, 0.29) is 11.6 Å². The normalized spacial score (nSPS) is 10.7. The molecule has 6 heteroatoms. The molecule has 3 aromatic rings. The van der Waals surface area contributed by atoms with Gasteiger partial charge in [0.2, 0.25) is 5.82 Å². The number of aromatic nitrogens is 3. The van der Waals surface area contributed by atoms with Crippen molar-refractivity contribution < 1.29 is 9.63 Å². The zero-order chi connectivity index (χ0) is 12.5. The van der Waals surface area contributed by atoms with Crippen LogP contribution in [0.2, 0.25) is 0 Å². The van der Waals surface area contributed by atoms with E-state index in [2.05, 4.69) is 15.1 Å². The summed E-state index contributed by atoms with van der Waals surface area (Å²) in [7, 11) is 0. The van der Waals surface area contributed by atoms with Crippen LogP contribution in [-0.4, -0.2) is 20.2 Å². The van der Waals surface area contributed by atoms with Crippen molar-refractivity contribution in [3.63, 3.8) is 0 Å². The van der Waals surface area contributed by atoms with E-state index in [1.54, 1.807) is 17.6 Å². The average molecular weight is 259 g/mol. The fourth-order valence-corrected chi connectivity index (χ4v) is 2.11. The lowest BCUT2D eigenvalue weighted by Crippen LogP contribution is -1.82. The van der Waals surface area contributed by atoms with Gasteiger partial charge >= 0.3 is 0 Å². The molecular formula is C12H9N3O2S. The van der Waals surface area contributed by atoms with Crippen molar-refractivity contribution in [1.29, 1.82) is 0 Å². The third-order valence-electron chi connectivity index (χ3n) is 2.47. The SMILES string of the molecule is Cc1ccc(-c2nc(-c3cscn3)no2)c(O)c1. The molecule has 1 N–H and O–H groups in total. The molecule has 0 bridgehead atoms. The van der Waals surface area contributed by atoms with Gasteiger partial charge in [-0.2, -0.15) is 4.98 Å². The van der Waals surface area contributed by atoms with Crippen molar-refractivity contribution in [2.75, 3.05) is 0 Å². The summed E-state index contributed by atoms with van der Waals surface area (Å²) in [5.41, 5.74) is 3.86. The first-order valence-electron chi connectivity index (χ1n) is 5.26. The van der Waals surface area contributed by atoms with Crippen LogP contribution in [-0.2, 0) is 0 Å². The van der Waals surface area contributed by atoms with Gasteiger partial charge in [0.05, 0.1) is 11.1 Å². The summed E-state index contributed by atoms with van der Waals surface area (Å²) in [5.74, 6) is 0.838. The molecule has 1 aromatic carbocycles. The van der Waals surface area contributed by atoms with E-state index in [0.29, 0.717) is 17.1 Å². The molecule has 0 fully saturated rings. The third-order valence-corrected chi connectivity index (χ3v) is 3.06. The molecule has 0 saturated heterocycles. The third kappa shape index (κ3) is 1.86. The Hall–Kier alpha value is -2.21. The zero-order valence-electron chi connectivity index (χ0n) is 9.49. The summed E-state index contributed by atoms with van der Waals surface area (Å²) >= 11 is 1.46. The number of rotatable bonds is 2. The number of aryl methyl sites for hydroxylation is 1. The second-order valence-electron chi connectivity index (χ2n) is 3.82. The standard InChI is InChI=1S/C12H9N3O2S/c1-7-2-3-8(10(16)4-7)12-14-11(15-17-12)9-5-18-6-13-9/h2-6,16H,1H3. The van der Waals surface area contributed by atoms with Gasteiger partial charge in [-0.1, -0.05) is 11.2 Å². The predicted molar refractivity (Wildman–Crippen MR) is 67.2 cm³/mol. The first kappa shape index (κ1) is 10.9. The Bertz CT molecular complexity index is 676. The number of aromatic hydroxyl groups is 1. The number of thiazole rings is 1. The fraction of sp³-hybridized carbons (Fsp3) is 0.0833. The van der Waals surface area contributed by atoms with Gasteiger partial charge in [0.1, 0.15) is 11.4 Å². The summed E-state index contributed by atoms with van der Waals surface area (Å²) in [4.78, 5) is 8.32. The van der Waals surface area contributed by atoms with Gasteiger partial charge in [0.15, 0.2) is 0 Å². The van der Waals surface area contributed by atoms with E-state index in [1.807, 2.05) is 18.4 Å². The molecule has 0 spiro atoms. The highest BCUT2D eigenvalue weighted by Crippen LogP contribution is 2.29. The Kier molecular flexibility index (Phi) is 2.56. The maximum atomic E-state index is 9.84. The summed E-state index contributed by atoms with van der Waals surface area (Å²) in [6.45, 7) is 1.90. The summed E-state index contributed by atoms with van der Waals surface area (Å²) < 4.78 is 5.14. The number of phenols is 1. The molecule has 3 rings (SSSR count). The average Bonchev–Trinajstić information content (AvgIpc) is 2.99. The minimum atomic E-state index is 0.128. The lowest BCUT2D eigenvalue weighted by atomic mass is 10.1. The minimum absolute atomic E-state index is 0.128. The minimum Gasteiger partial charge on any atom is -0.507 e. The van der Waals surface area contributed by atoms with Crippen LogP contribution in [0.5, 0.6) is 5.75 Å². The van der Waals surface area contributed by atoms with Crippen molar-refractivity contribution in [3.05, 3.63) is 34.7 Å².